The SMILES string of the molecule is O=C(CC[C@H]1NC(=O)N(Cc2ccco2)C1=O)NCCC1=CCCCC1. The monoisotopic (exact) mass is 359 g/mol. The van der Waals surface area contributed by atoms with Gasteiger partial charge in [-0.2, -0.15) is 0 Å². The van der Waals surface area contributed by atoms with Crippen LogP contribution in [0.15, 0.2) is 34.5 Å². The molecule has 0 radical (unpaired) electrons. The van der Waals surface area contributed by atoms with E-state index in [1.807, 2.05) is 0 Å². The van der Waals surface area contributed by atoms with Gasteiger partial charge in [-0.25, -0.2) is 4.79 Å². The average Bonchev–Trinajstić information content (AvgIpc) is 3.25. The van der Waals surface area contributed by atoms with Gasteiger partial charge in [0.1, 0.15) is 11.8 Å². The summed E-state index contributed by atoms with van der Waals surface area (Å²) in [5.41, 5.74) is 1.42. The van der Waals surface area contributed by atoms with E-state index in [1.165, 1.54) is 24.7 Å². The largest absolute Gasteiger partial charge is 0.467 e. The Bertz CT molecular complexity index is 681. The van der Waals surface area contributed by atoms with Gasteiger partial charge < -0.3 is 15.1 Å². The zero-order chi connectivity index (χ0) is 18.4. The molecule has 1 atom stereocenters. The van der Waals surface area contributed by atoms with Crippen molar-refractivity contribution in [1.82, 2.24) is 15.5 Å². The smallest absolute Gasteiger partial charge is 0.325 e. The number of nitrogens with one attached hydrogen (secondary N) is 2. The number of hydrogen-bond acceptors (Lipinski definition) is 4. The van der Waals surface area contributed by atoms with Crippen molar-refractivity contribution >= 4 is 17.8 Å². The number of hydrogen-bond donors (Lipinski definition) is 2. The van der Waals surface area contributed by atoms with Crippen LogP contribution >= 0.6 is 0 Å². The molecular weight excluding hydrogens is 334 g/mol. The highest BCUT2D eigenvalue weighted by Gasteiger charge is 2.38. The molecule has 140 valence electrons. The zero-order valence-corrected chi connectivity index (χ0v) is 14.8. The molecule has 2 heterocycles. The third kappa shape index (κ3) is 4.74. The van der Waals surface area contributed by atoms with Crippen LogP contribution in [0.5, 0.6) is 0 Å². The number of rotatable bonds is 8. The van der Waals surface area contributed by atoms with Crippen molar-refractivity contribution in [3.63, 3.8) is 0 Å². The van der Waals surface area contributed by atoms with E-state index in [9.17, 15) is 14.4 Å². The molecule has 4 amide bonds. The molecule has 1 aromatic rings. The molecule has 2 aliphatic rings. The van der Waals surface area contributed by atoms with E-state index in [0.29, 0.717) is 18.7 Å². The number of furan rings is 1. The number of carbonyl (C=O) groups excluding carboxylic acids is 3. The zero-order valence-electron chi connectivity index (χ0n) is 14.8. The highest BCUT2D eigenvalue weighted by molar-refractivity contribution is 6.04. The van der Waals surface area contributed by atoms with E-state index in [2.05, 4.69) is 16.7 Å². The van der Waals surface area contributed by atoms with Crippen LogP contribution in [0.4, 0.5) is 4.79 Å². The van der Waals surface area contributed by atoms with E-state index >= 15 is 0 Å². The summed E-state index contributed by atoms with van der Waals surface area (Å²) >= 11 is 0. The van der Waals surface area contributed by atoms with Gasteiger partial charge in [0.25, 0.3) is 5.91 Å². The Kier molecular flexibility index (Phi) is 6.09. The molecule has 7 heteroatoms. The van der Waals surface area contributed by atoms with Gasteiger partial charge >= 0.3 is 6.03 Å². The second-order valence-corrected chi connectivity index (χ2v) is 6.75. The fourth-order valence-electron chi connectivity index (χ4n) is 3.34. The Hall–Kier alpha value is -2.57. The molecule has 7 nitrogen and oxygen atoms in total. The summed E-state index contributed by atoms with van der Waals surface area (Å²) in [5.74, 6) is 0.142. The topological polar surface area (TPSA) is 91.7 Å². The van der Waals surface area contributed by atoms with Gasteiger partial charge in [-0.3, -0.25) is 14.5 Å². The van der Waals surface area contributed by atoms with Crippen LogP contribution in [0.3, 0.4) is 0 Å². The van der Waals surface area contributed by atoms with Gasteiger partial charge in [-0.05, 0) is 50.7 Å². The maximum absolute atomic E-state index is 12.3. The van der Waals surface area contributed by atoms with E-state index in [4.69, 9.17) is 4.42 Å². The molecule has 0 aromatic carbocycles. The molecule has 1 fully saturated rings. The molecule has 1 aromatic heterocycles. The fraction of sp³-hybridized carbons (Fsp3) is 0.526. The van der Waals surface area contributed by atoms with E-state index in [0.717, 1.165) is 24.2 Å². The van der Waals surface area contributed by atoms with Crippen LogP contribution in [-0.2, 0) is 16.1 Å². The first kappa shape index (κ1) is 18.2. The molecule has 3 rings (SSSR count). The van der Waals surface area contributed by atoms with Crippen LogP contribution in [0, 0.1) is 0 Å². The first-order valence-electron chi connectivity index (χ1n) is 9.22. The molecule has 0 saturated carbocycles. The van der Waals surface area contributed by atoms with Crippen LogP contribution < -0.4 is 10.6 Å². The Morgan fingerprint density at radius 1 is 1.35 bits per heavy atom. The normalized spacial score (nSPS) is 20.1. The number of carbonyl (C=O) groups is 3. The summed E-state index contributed by atoms with van der Waals surface area (Å²) in [6.07, 6.45) is 9.94. The Labute approximate surface area is 152 Å². The van der Waals surface area contributed by atoms with Crippen molar-refractivity contribution in [2.75, 3.05) is 6.54 Å². The lowest BCUT2D eigenvalue weighted by atomic mass is 9.97. The standard InChI is InChI=1S/C19H25N3O4/c23-17(20-11-10-14-5-2-1-3-6-14)9-8-16-18(24)22(19(25)21-16)13-15-7-4-12-26-15/h4-5,7,12,16H,1-3,6,8-11,13H2,(H,20,23)(H,21,25)/t16-/m1/s1. The summed E-state index contributed by atoms with van der Waals surface area (Å²) in [6, 6.07) is 2.33. The maximum Gasteiger partial charge on any atom is 0.325 e. The van der Waals surface area contributed by atoms with Gasteiger partial charge in [0.2, 0.25) is 5.91 Å². The summed E-state index contributed by atoms with van der Waals surface area (Å²) in [4.78, 5) is 37.4. The lowest BCUT2D eigenvalue weighted by Gasteiger charge is -2.13. The molecule has 1 saturated heterocycles. The van der Waals surface area contributed by atoms with Crippen molar-refractivity contribution in [2.24, 2.45) is 0 Å². The Morgan fingerprint density at radius 3 is 2.96 bits per heavy atom. The molecule has 1 aliphatic carbocycles. The summed E-state index contributed by atoms with van der Waals surface area (Å²) in [6.45, 7) is 0.732. The minimum atomic E-state index is -0.649. The predicted octanol–water partition coefficient (Wildman–Crippen LogP) is 2.49. The summed E-state index contributed by atoms with van der Waals surface area (Å²) < 4.78 is 5.18. The molecule has 0 spiro atoms. The van der Waals surface area contributed by atoms with Gasteiger partial charge in [0.05, 0.1) is 12.8 Å². The molecule has 0 unspecified atom stereocenters. The lowest BCUT2D eigenvalue weighted by molar-refractivity contribution is -0.128. The lowest BCUT2D eigenvalue weighted by Crippen LogP contribution is -2.32. The summed E-state index contributed by atoms with van der Waals surface area (Å²) in [7, 11) is 0. The van der Waals surface area contributed by atoms with Crippen LogP contribution in [0.25, 0.3) is 0 Å². The number of imide groups is 1. The number of nitrogens with zero attached hydrogens (tertiary/aromatic N) is 1. The van der Waals surface area contributed by atoms with Crippen LogP contribution in [-0.4, -0.2) is 35.3 Å². The van der Waals surface area contributed by atoms with Crippen LogP contribution in [0.2, 0.25) is 0 Å². The van der Waals surface area contributed by atoms with E-state index < -0.39 is 12.1 Å². The summed E-state index contributed by atoms with van der Waals surface area (Å²) in [5, 5.41) is 5.53. The van der Waals surface area contributed by atoms with Crippen molar-refractivity contribution in [1.29, 1.82) is 0 Å². The number of urea groups is 1. The second kappa shape index (κ2) is 8.69. The van der Waals surface area contributed by atoms with Crippen molar-refractivity contribution in [2.45, 2.75) is 57.5 Å². The molecular formula is C19H25N3O4. The Balaban J connectivity index is 1.38. The molecule has 2 N–H and O–H groups in total. The number of amides is 4. The van der Waals surface area contributed by atoms with Gasteiger partial charge in [0.15, 0.2) is 0 Å². The van der Waals surface area contributed by atoms with Crippen LogP contribution in [0.1, 0.15) is 50.7 Å². The highest BCUT2D eigenvalue weighted by atomic mass is 16.3. The second-order valence-electron chi connectivity index (χ2n) is 6.75. The van der Waals surface area contributed by atoms with Gasteiger partial charge in [-0.1, -0.05) is 11.6 Å². The number of allylic oxidation sites excluding steroid dienone is 1. The fourth-order valence-corrected chi connectivity index (χ4v) is 3.34. The first-order valence-corrected chi connectivity index (χ1v) is 9.22. The minimum absolute atomic E-state index is 0.0899. The quantitative estimate of drug-likeness (QED) is 0.551. The Morgan fingerprint density at radius 2 is 2.23 bits per heavy atom. The van der Waals surface area contributed by atoms with Crippen molar-refractivity contribution in [3.05, 3.63) is 35.8 Å². The minimum Gasteiger partial charge on any atom is -0.467 e. The molecule has 1 aliphatic heterocycles. The first-order chi connectivity index (χ1) is 12.6. The molecule has 26 heavy (non-hydrogen) atoms. The maximum atomic E-state index is 12.3. The van der Waals surface area contributed by atoms with Crippen molar-refractivity contribution in [3.8, 4) is 0 Å². The van der Waals surface area contributed by atoms with Crippen molar-refractivity contribution < 1.29 is 18.8 Å². The van der Waals surface area contributed by atoms with Gasteiger partial charge in [-0.15, -0.1) is 0 Å². The third-order valence-electron chi connectivity index (χ3n) is 4.81. The third-order valence-corrected chi connectivity index (χ3v) is 4.81. The highest BCUT2D eigenvalue weighted by Crippen LogP contribution is 2.19. The van der Waals surface area contributed by atoms with E-state index in [-0.39, 0.29) is 24.8 Å². The van der Waals surface area contributed by atoms with E-state index in [1.54, 1.807) is 12.1 Å². The van der Waals surface area contributed by atoms with Gasteiger partial charge in [0, 0.05) is 13.0 Å². The predicted molar refractivity (Wildman–Crippen MR) is 95.0 cm³/mol. The average molecular weight is 359 g/mol. The molecule has 0 bridgehead atoms.